The summed E-state index contributed by atoms with van der Waals surface area (Å²) in [5.74, 6) is -3.19. The van der Waals surface area contributed by atoms with Crippen molar-refractivity contribution in [2.75, 3.05) is 19.6 Å². The Hall–Kier alpha value is -2.05. The Balaban J connectivity index is 1.52. The first kappa shape index (κ1) is 23.1. The maximum absolute atomic E-state index is 13.7. The fourth-order valence-electron chi connectivity index (χ4n) is 4.75. The Labute approximate surface area is 193 Å². The molecule has 1 aliphatic heterocycles. The standard InChI is InChI=1S/C25H30ClF2N3O/c1-16(2)31-12-9-18(10-13-31)21-7-5-19-22(30-21)8-6-20(26)23(19)24(32)29-15-17-4-3-11-25(27,28)14-17/h5-9,16-17H,3-4,10-15H2,1-2H3,(H,29,32). The lowest BCUT2D eigenvalue weighted by molar-refractivity contribution is -0.0518. The molecule has 1 saturated carbocycles. The molecule has 0 bridgehead atoms. The molecule has 1 aliphatic carbocycles. The van der Waals surface area contributed by atoms with Crippen molar-refractivity contribution in [2.45, 2.75) is 57.9 Å². The number of amides is 1. The summed E-state index contributed by atoms with van der Waals surface area (Å²) >= 11 is 6.37. The maximum atomic E-state index is 13.7. The van der Waals surface area contributed by atoms with Gasteiger partial charge in [0.1, 0.15) is 0 Å². The van der Waals surface area contributed by atoms with E-state index in [4.69, 9.17) is 16.6 Å². The molecule has 1 aromatic carbocycles. The number of nitrogens with one attached hydrogen (secondary N) is 1. The number of pyridine rings is 1. The zero-order chi connectivity index (χ0) is 22.9. The predicted octanol–water partition coefficient (Wildman–Crippen LogP) is 5.94. The zero-order valence-corrected chi connectivity index (χ0v) is 19.4. The van der Waals surface area contributed by atoms with E-state index in [0.717, 1.165) is 25.2 Å². The van der Waals surface area contributed by atoms with Crippen molar-refractivity contribution in [2.24, 2.45) is 5.92 Å². The van der Waals surface area contributed by atoms with E-state index in [0.29, 0.717) is 40.4 Å². The van der Waals surface area contributed by atoms with Crippen LogP contribution in [0.1, 0.15) is 62.0 Å². The summed E-state index contributed by atoms with van der Waals surface area (Å²) in [6.45, 7) is 6.53. The Morgan fingerprint density at radius 3 is 2.81 bits per heavy atom. The van der Waals surface area contributed by atoms with E-state index in [1.807, 2.05) is 18.2 Å². The third-order valence-electron chi connectivity index (χ3n) is 6.64. The first-order valence-corrected chi connectivity index (χ1v) is 11.8. The highest BCUT2D eigenvalue weighted by Gasteiger charge is 2.36. The predicted molar refractivity (Wildman–Crippen MR) is 125 cm³/mol. The molecule has 2 aromatic rings. The van der Waals surface area contributed by atoms with Crippen molar-refractivity contribution >= 4 is 34.0 Å². The zero-order valence-electron chi connectivity index (χ0n) is 18.6. The maximum Gasteiger partial charge on any atom is 0.253 e. The molecule has 2 aliphatic rings. The molecule has 1 atom stereocenters. The van der Waals surface area contributed by atoms with Crippen LogP contribution >= 0.6 is 11.6 Å². The van der Waals surface area contributed by atoms with Crippen molar-refractivity contribution in [3.8, 4) is 0 Å². The molecule has 0 spiro atoms. The van der Waals surface area contributed by atoms with Crippen LogP contribution in [0.4, 0.5) is 8.78 Å². The summed E-state index contributed by atoms with van der Waals surface area (Å²) in [7, 11) is 0. The number of hydrogen-bond acceptors (Lipinski definition) is 3. The van der Waals surface area contributed by atoms with Crippen LogP contribution in [0.2, 0.25) is 5.02 Å². The van der Waals surface area contributed by atoms with Crippen LogP contribution in [0.15, 0.2) is 30.3 Å². The van der Waals surface area contributed by atoms with Gasteiger partial charge in [-0.3, -0.25) is 9.69 Å². The lowest BCUT2D eigenvalue weighted by Crippen LogP contribution is -2.35. The average molecular weight is 462 g/mol. The Morgan fingerprint density at radius 2 is 2.12 bits per heavy atom. The van der Waals surface area contributed by atoms with Crippen LogP contribution in [0.25, 0.3) is 16.5 Å². The molecule has 1 amide bonds. The number of carbonyl (C=O) groups is 1. The minimum Gasteiger partial charge on any atom is -0.352 e. The SMILES string of the molecule is CC(C)N1CC=C(c2ccc3c(C(=O)NCC4CCCC(F)(F)C4)c(Cl)ccc3n2)CC1. The first-order chi connectivity index (χ1) is 15.2. The van der Waals surface area contributed by atoms with Gasteiger partial charge in [0.25, 0.3) is 5.91 Å². The number of nitrogens with zero attached hydrogens (tertiary/aromatic N) is 2. The number of carbonyl (C=O) groups excluding carboxylic acids is 1. The highest BCUT2D eigenvalue weighted by molar-refractivity contribution is 6.35. The summed E-state index contributed by atoms with van der Waals surface area (Å²) < 4.78 is 27.4. The minimum atomic E-state index is -2.63. The second kappa shape index (κ2) is 9.44. The normalized spacial score (nSPS) is 21.6. The van der Waals surface area contributed by atoms with Gasteiger partial charge < -0.3 is 5.32 Å². The van der Waals surface area contributed by atoms with Gasteiger partial charge in [-0.2, -0.15) is 0 Å². The molecule has 172 valence electrons. The number of rotatable bonds is 5. The number of hydrogen-bond donors (Lipinski definition) is 1. The summed E-state index contributed by atoms with van der Waals surface area (Å²) in [5, 5.41) is 3.84. The van der Waals surface area contributed by atoms with E-state index >= 15 is 0 Å². The van der Waals surface area contributed by atoms with Crippen molar-refractivity contribution in [1.82, 2.24) is 15.2 Å². The molecule has 1 N–H and O–H groups in total. The van der Waals surface area contributed by atoms with Crippen LogP contribution in [-0.4, -0.2) is 47.4 Å². The van der Waals surface area contributed by atoms with E-state index in [1.54, 1.807) is 6.07 Å². The highest BCUT2D eigenvalue weighted by atomic mass is 35.5. The number of halogens is 3. The molecule has 0 radical (unpaired) electrons. The molecule has 4 rings (SSSR count). The molecule has 7 heteroatoms. The molecular weight excluding hydrogens is 432 g/mol. The molecule has 0 saturated heterocycles. The third-order valence-corrected chi connectivity index (χ3v) is 6.96. The number of aromatic nitrogens is 1. The van der Waals surface area contributed by atoms with E-state index in [1.165, 1.54) is 5.57 Å². The van der Waals surface area contributed by atoms with Crippen LogP contribution in [0.3, 0.4) is 0 Å². The monoisotopic (exact) mass is 461 g/mol. The van der Waals surface area contributed by atoms with Gasteiger partial charge in [-0.15, -0.1) is 0 Å². The van der Waals surface area contributed by atoms with E-state index in [9.17, 15) is 13.6 Å². The van der Waals surface area contributed by atoms with Gasteiger partial charge in [0.05, 0.1) is 21.8 Å². The highest BCUT2D eigenvalue weighted by Crippen LogP contribution is 2.36. The number of alkyl halides is 2. The van der Waals surface area contributed by atoms with Gasteiger partial charge in [0.2, 0.25) is 5.92 Å². The largest absolute Gasteiger partial charge is 0.352 e. The topological polar surface area (TPSA) is 45.2 Å². The van der Waals surface area contributed by atoms with Crippen LogP contribution in [0.5, 0.6) is 0 Å². The summed E-state index contributed by atoms with van der Waals surface area (Å²) in [6.07, 6.45) is 4.11. The quantitative estimate of drug-likeness (QED) is 0.599. The third kappa shape index (κ3) is 5.12. The van der Waals surface area contributed by atoms with Crippen molar-refractivity contribution < 1.29 is 13.6 Å². The molecule has 1 aromatic heterocycles. The fourth-order valence-corrected chi connectivity index (χ4v) is 5.00. The Kier molecular flexibility index (Phi) is 6.82. The Bertz CT molecular complexity index is 1040. The van der Waals surface area contributed by atoms with Crippen molar-refractivity contribution in [3.63, 3.8) is 0 Å². The van der Waals surface area contributed by atoms with Gasteiger partial charge >= 0.3 is 0 Å². The van der Waals surface area contributed by atoms with Gasteiger partial charge in [0.15, 0.2) is 0 Å². The van der Waals surface area contributed by atoms with Gasteiger partial charge in [0, 0.05) is 43.9 Å². The first-order valence-electron chi connectivity index (χ1n) is 11.4. The Morgan fingerprint density at radius 1 is 1.31 bits per heavy atom. The number of benzene rings is 1. The molecule has 32 heavy (non-hydrogen) atoms. The van der Waals surface area contributed by atoms with E-state index < -0.39 is 5.92 Å². The second-order valence-electron chi connectivity index (χ2n) is 9.28. The van der Waals surface area contributed by atoms with Crippen LogP contribution in [-0.2, 0) is 0 Å². The minimum absolute atomic E-state index is 0.0630. The van der Waals surface area contributed by atoms with Gasteiger partial charge in [-0.1, -0.05) is 17.7 Å². The summed E-state index contributed by atoms with van der Waals surface area (Å²) in [6, 6.07) is 7.85. The molecule has 1 fully saturated rings. The van der Waals surface area contributed by atoms with Crippen molar-refractivity contribution in [1.29, 1.82) is 0 Å². The molecule has 2 heterocycles. The fraction of sp³-hybridized carbons (Fsp3) is 0.520. The number of fused-ring (bicyclic) bond motifs is 1. The molecular formula is C25H30ClF2N3O. The average Bonchev–Trinajstić information content (AvgIpc) is 2.76. The van der Waals surface area contributed by atoms with Gasteiger partial charge in [-0.25, -0.2) is 13.8 Å². The van der Waals surface area contributed by atoms with Crippen LogP contribution < -0.4 is 5.32 Å². The van der Waals surface area contributed by atoms with Gasteiger partial charge in [-0.05, 0) is 68.9 Å². The second-order valence-corrected chi connectivity index (χ2v) is 9.69. The lowest BCUT2D eigenvalue weighted by atomic mass is 9.86. The van der Waals surface area contributed by atoms with E-state index in [2.05, 4.69) is 30.1 Å². The summed E-state index contributed by atoms with van der Waals surface area (Å²) in [4.78, 5) is 20.2. The van der Waals surface area contributed by atoms with Crippen LogP contribution in [0, 0.1) is 5.92 Å². The molecule has 4 nitrogen and oxygen atoms in total. The van der Waals surface area contributed by atoms with Crippen molar-refractivity contribution in [3.05, 3.63) is 46.6 Å². The summed E-state index contributed by atoms with van der Waals surface area (Å²) in [5.41, 5.74) is 3.19. The van der Waals surface area contributed by atoms with E-state index in [-0.39, 0.29) is 31.2 Å². The lowest BCUT2D eigenvalue weighted by Gasteiger charge is -2.29. The molecule has 1 unspecified atom stereocenters. The smallest absolute Gasteiger partial charge is 0.253 e.